The van der Waals surface area contributed by atoms with Crippen LogP contribution in [0.4, 0.5) is 10.3 Å². The molecule has 0 unspecified atom stereocenters. The molecule has 0 fully saturated rings. The number of carbonyl (C=O) groups is 1. The third-order valence-electron chi connectivity index (χ3n) is 6.06. The third-order valence-corrected chi connectivity index (χ3v) is 6.06. The van der Waals surface area contributed by atoms with Gasteiger partial charge in [-0.1, -0.05) is 35.5 Å². The average molecular weight is 404 g/mol. The highest BCUT2D eigenvalue weighted by atomic mass is 19.1. The molecule has 0 bridgehead atoms. The predicted molar refractivity (Wildman–Crippen MR) is 110 cm³/mol. The van der Waals surface area contributed by atoms with Crippen LogP contribution in [0.15, 0.2) is 64.3 Å². The van der Waals surface area contributed by atoms with Crippen LogP contribution in [0, 0.1) is 12.7 Å². The molecule has 5 nitrogen and oxygen atoms in total. The number of hydrogen-bond donors (Lipinski definition) is 1. The molecule has 2 atom stereocenters. The van der Waals surface area contributed by atoms with E-state index in [1.165, 1.54) is 6.07 Å². The lowest BCUT2D eigenvalue weighted by Crippen LogP contribution is -2.30. The molecule has 30 heavy (non-hydrogen) atoms. The molecular formula is C24H21FN2O3. The van der Waals surface area contributed by atoms with Crippen LogP contribution in [0.3, 0.4) is 0 Å². The molecule has 0 spiro atoms. The lowest BCUT2D eigenvalue weighted by molar-refractivity contribution is -0.116. The number of rotatable bonds is 3. The number of anilines is 1. The van der Waals surface area contributed by atoms with Gasteiger partial charge in [-0.15, -0.1) is 0 Å². The largest absolute Gasteiger partial charge is 0.497 e. The minimum Gasteiger partial charge on any atom is -0.497 e. The molecule has 0 amide bonds. The van der Waals surface area contributed by atoms with Gasteiger partial charge in [0.2, 0.25) is 5.88 Å². The number of benzene rings is 2. The van der Waals surface area contributed by atoms with Crippen molar-refractivity contribution in [3.05, 3.63) is 88.0 Å². The van der Waals surface area contributed by atoms with E-state index in [0.717, 1.165) is 22.6 Å². The van der Waals surface area contributed by atoms with E-state index in [4.69, 9.17) is 9.26 Å². The number of carbonyl (C=O) groups excluding carboxylic acids is 1. The van der Waals surface area contributed by atoms with Crippen LogP contribution >= 0.6 is 0 Å². The maximum Gasteiger partial charge on any atom is 0.233 e. The van der Waals surface area contributed by atoms with E-state index in [1.54, 1.807) is 25.3 Å². The minimum atomic E-state index is -0.520. The van der Waals surface area contributed by atoms with Crippen molar-refractivity contribution in [1.82, 2.24) is 5.16 Å². The Labute approximate surface area is 173 Å². The van der Waals surface area contributed by atoms with Crippen molar-refractivity contribution in [1.29, 1.82) is 0 Å². The predicted octanol–water partition coefficient (Wildman–Crippen LogP) is 5.09. The highest BCUT2D eigenvalue weighted by Crippen LogP contribution is 2.49. The Kier molecular flexibility index (Phi) is 4.42. The Morgan fingerprint density at radius 2 is 1.90 bits per heavy atom. The fourth-order valence-electron chi connectivity index (χ4n) is 4.60. The molecule has 1 aromatic heterocycles. The maximum atomic E-state index is 14.8. The Morgan fingerprint density at radius 1 is 1.13 bits per heavy atom. The molecule has 0 saturated carbocycles. The van der Waals surface area contributed by atoms with Gasteiger partial charge in [-0.3, -0.25) is 4.79 Å². The molecule has 152 valence electrons. The van der Waals surface area contributed by atoms with Crippen LogP contribution in [0.2, 0.25) is 0 Å². The van der Waals surface area contributed by atoms with Gasteiger partial charge < -0.3 is 14.6 Å². The van der Waals surface area contributed by atoms with Crippen molar-refractivity contribution in [3.63, 3.8) is 0 Å². The second kappa shape index (κ2) is 7.13. The van der Waals surface area contributed by atoms with Gasteiger partial charge in [0.05, 0.1) is 18.4 Å². The van der Waals surface area contributed by atoms with E-state index in [1.807, 2.05) is 31.2 Å². The molecule has 1 N–H and O–H groups in total. The molecule has 2 heterocycles. The smallest absolute Gasteiger partial charge is 0.233 e. The van der Waals surface area contributed by atoms with Gasteiger partial charge in [-0.2, -0.15) is 0 Å². The van der Waals surface area contributed by atoms with Crippen LogP contribution in [0.1, 0.15) is 47.1 Å². The van der Waals surface area contributed by atoms with Crippen molar-refractivity contribution in [3.8, 4) is 5.75 Å². The number of aromatic nitrogens is 1. The molecule has 6 heteroatoms. The highest BCUT2D eigenvalue weighted by Gasteiger charge is 2.41. The monoisotopic (exact) mass is 404 g/mol. The van der Waals surface area contributed by atoms with Crippen LogP contribution in [-0.4, -0.2) is 18.0 Å². The average Bonchev–Trinajstić information content (AvgIpc) is 3.13. The number of nitrogens with one attached hydrogen (secondary N) is 1. The number of nitrogens with zero attached hydrogens (tertiary/aromatic N) is 1. The highest BCUT2D eigenvalue weighted by molar-refractivity contribution is 6.01. The van der Waals surface area contributed by atoms with E-state index < -0.39 is 5.92 Å². The number of methoxy groups -OCH3 is 1. The fourth-order valence-corrected chi connectivity index (χ4v) is 4.60. The Hall–Kier alpha value is -3.41. The Morgan fingerprint density at radius 3 is 2.63 bits per heavy atom. The van der Waals surface area contributed by atoms with E-state index in [2.05, 4.69) is 10.5 Å². The second-order valence-electron chi connectivity index (χ2n) is 7.78. The SMILES string of the molecule is COc1ccc([C@@H]2CC(=O)C3=C(C2)Nc2onc(C)c2[C@@H]3c2ccccc2F)cc1. The number of Topliss-reactive ketones (excluding diaryl/α,β-unsaturated/α-hetero) is 1. The zero-order valence-electron chi connectivity index (χ0n) is 16.7. The summed E-state index contributed by atoms with van der Waals surface area (Å²) < 4.78 is 25.5. The Balaban J connectivity index is 1.60. The van der Waals surface area contributed by atoms with Gasteiger partial charge in [-0.05, 0) is 43.0 Å². The van der Waals surface area contributed by atoms with E-state index in [-0.39, 0.29) is 17.5 Å². The summed E-state index contributed by atoms with van der Waals surface area (Å²) in [5, 5.41) is 7.35. The van der Waals surface area contributed by atoms with E-state index in [0.29, 0.717) is 35.6 Å². The summed E-state index contributed by atoms with van der Waals surface area (Å²) in [7, 11) is 1.63. The number of aryl methyl sites for hydroxylation is 1. The lowest BCUT2D eigenvalue weighted by Gasteiger charge is -2.34. The molecule has 0 radical (unpaired) electrons. The van der Waals surface area contributed by atoms with Crippen molar-refractivity contribution >= 4 is 11.7 Å². The van der Waals surface area contributed by atoms with Gasteiger partial charge in [0, 0.05) is 29.2 Å². The van der Waals surface area contributed by atoms with E-state index >= 15 is 0 Å². The number of ether oxygens (including phenoxy) is 1. The van der Waals surface area contributed by atoms with Gasteiger partial charge in [0.1, 0.15) is 11.6 Å². The number of allylic oxidation sites excluding steroid dienone is 2. The normalized spacial score (nSPS) is 20.4. The van der Waals surface area contributed by atoms with Gasteiger partial charge in [0.25, 0.3) is 0 Å². The van der Waals surface area contributed by atoms with Crippen molar-refractivity contribution in [2.75, 3.05) is 12.4 Å². The van der Waals surface area contributed by atoms with Crippen molar-refractivity contribution < 1.29 is 18.4 Å². The molecule has 0 saturated heterocycles. The lowest BCUT2D eigenvalue weighted by atomic mass is 9.72. The topological polar surface area (TPSA) is 64.4 Å². The minimum absolute atomic E-state index is 0.0177. The molecular weight excluding hydrogens is 383 g/mol. The summed E-state index contributed by atoms with van der Waals surface area (Å²) in [5.74, 6) is 0.451. The molecule has 3 aromatic rings. The Bertz CT molecular complexity index is 1160. The summed E-state index contributed by atoms with van der Waals surface area (Å²) in [6.45, 7) is 1.82. The van der Waals surface area contributed by atoms with Crippen LogP contribution in [-0.2, 0) is 4.79 Å². The molecule has 1 aliphatic carbocycles. The zero-order valence-corrected chi connectivity index (χ0v) is 16.7. The molecule has 2 aliphatic rings. The van der Waals surface area contributed by atoms with Crippen molar-refractivity contribution in [2.24, 2.45) is 0 Å². The second-order valence-corrected chi connectivity index (χ2v) is 7.78. The van der Waals surface area contributed by atoms with Crippen LogP contribution < -0.4 is 10.1 Å². The first kappa shape index (κ1) is 18.6. The summed E-state index contributed by atoms with van der Waals surface area (Å²) in [6.07, 6.45) is 1.01. The molecule has 1 aliphatic heterocycles. The van der Waals surface area contributed by atoms with Crippen molar-refractivity contribution in [2.45, 2.75) is 31.6 Å². The van der Waals surface area contributed by atoms with Gasteiger partial charge >= 0.3 is 0 Å². The van der Waals surface area contributed by atoms with Gasteiger partial charge in [0.15, 0.2) is 5.78 Å². The quantitative estimate of drug-likeness (QED) is 0.659. The zero-order chi connectivity index (χ0) is 20.8. The number of hydrogen-bond acceptors (Lipinski definition) is 5. The van der Waals surface area contributed by atoms with E-state index in [9.17, 15) is 9.18 Å². The van der Waals surface area contributed by atoms with Gasteiger partial charge in [-0.25, -0.2) is 4.39 Å². The maximum absolute atomic E-state index is 14.8. The first-order valence-corrected chi connectivity index (χ1v) is 9.94. The third kappa shape index (κ3) is 2.91. The standard InChI is InChI=1S/C24H21FN2O3/c1-13-21-22(17-5-3-4-6-18(17)25)23-19(26-24(21)30-27-13)11-15(12-20(23)28)14-7-9-16(29-2)10-8-14/h3-10,15,22,26H,11-12H2,1-2H3/t15-,22-/m0/s1. The fraction of sp³-hybridized carbons (Fsp3) is 0.250. The number of fused-ring (bicyclic) bond motifs is 1. The summed E-state index contributed by atoms with van der Waals surface area (Å²) in [5.41, 5.74) is 4.32. The number of ketones is 1. The molecule has 5 rings (SSSR count). The number of halogens is 1. The summed E-state index contributed by atoms with van der Waals surface area (Å²) in [6, 6.07) is 14.4. The first-order chi connectivity index (χ1) is 14.6. The summed E-state index contributed by atoms with van der Waals surface area (Å²) in [4.78, 5) is 13.4. The molecule has 2 aromatic carbocycles. The first-order valence-electron chi connectivity index (χ1n) is 9.94. The van der Waals surface area contributed by atoms with Crippen LogP contribution in [0.5, 0.6) is 5.75 Å². The van der Waals surface area contributed by atoms with Crippen LogP contribution in [0.25, 0.3) is 0 Å². The summed E-state index contributed by atoms with van der Waals surface area (Å²) >= 11 is 0.